The van der Waals surface area contributed by atoms with Gasteiger partial charge in [0.05, 0.1) is 5.39 Å². The van der Waals surface area contributed by atoms with Gasteiger partial charge in [-0.3, -0.25) is 9.59 Å². The van der Waals surface area contributed by atoms with Crippen LogP contribution in [0.1, 0.15) is 5.56 Å². The molecule has 4 aromatic rings. The Kier molecular flexibility index (Phi) is 5.73. The number of anilines is 1. The summed E-state index contributed by atoms with van der Waals surface area (Å²) < 4.78 is 24.7. The second-order valence-electron chi connectivity index (χ2n) is 6.94. The lowest BCUT2D eigenvalue weighted by atomic mass is 10.1. The van der Waals surface area contributed by atoms with E-state index < -0.39 is 18.3 Å². The van der Waals surface area contributed by atoms with Gasteiger partial charge in [-0.1, -0.05) is 17.7 Å². The maximum atomic E-state index is 13.1. The van der Waals surface area contributed by atoms with Gasteiger partial charge in [-0.15, -0.1) is 0 Å². The van der Waals surface area contributed by atoms with E-state index in [1.165, 1.54) is 24.3 Å². The standard InChI is InChI=1S/C24H17ClFNO4/c1-14-2-11-19-20(12-14)31-23(15-3-5-16(25)6-4-15)24(22(19)29)30-13-21(28)27-18-9-7-17(26)8-10-18/h2-12H,13H2,1H3,(H,27,28). The van der Waals surface area contributed by atoms with E-state index in [9.17, 15) is 14.0 Å². The third-order valence-electron chi connectivity index (χ3n) is 4.59. The summed E-state index contributed by atoms with van der Waals surface area (Å²) in [5.41, 5.74) is 1.96. The van der Waals surface area contributed by atoms with Gasteiger partial charge in [-0.2, -0.15) is 0 Å². The Morgan fingerprint density at radius 1 is 1.06 bits per heavy atom. The topological polar surface area (TPSA) is 68.5 Å². The van der Waals surface area contributed by atoms with Crippen molar-refractivity contribution in [2.45, 2.75) is 6.92 Å². The van der Waals surface area contributed by atoms with Crippen molar-refractivity contribution in [1.82, 2.24) is 0 Å². The Morgan fingerprint density at radius 3 is 2.48 bits per heavy atom. The van der Waals surface area contributed by atoms with Crippen LogP contribution in [0.25, 0.3) is 22.3 Å². The Bertz CT molecular complexity index is 1310. The van der Waals surface area contributed by atoms with Gasteiger partial charge in [0.25, 0.3) is 5.91 Å². The lowest BCUT2D eigenvalue weighted by Gasteiger charge is -2.12. The summed E-state index contributed by atoms with van der Waals surface area (Å²) in [5, 5.41) is 3.47. The first-order chi connectivity index (χ1) is 14.9. The molecule has 1 amide bonds. The van der Waals surface area contributed by atoms with Crippen LogP contribution in [0.15, 0.2) is 75.9 Å². The molecule has 0 bridgehead atoms. The summed E-state index contributed by atoms with van der Waals surface area (Å²) in [6.07, 6.45) is 0. The summed E-state index contributed by atoms with van der Waals surface area (Å²) in [6, 6.07) is 17.3. The van der Waals surface area contributed by atoms with Crippen molar-refractivity contribution in [1.29, 1.82) is 0 Å². The summed E-state index contributed by atoms with van der Waals surface area (Å²) >= 11 is 5.98. The van der Waals surface area contributed by atoms with Crippen molar-refractivity contribution in [3.8, 4) is 17.1 Å². The fourth-order valence-electron chi connectivity index (χ4n) is 3.07. The molecule has 0 atom stereocenters. The fraction of sp³-hybridized carbons (Fsp3) is 0.0833. The summed E-state index contributed by atoms with van der Waals surface area (Å²) in [6.45, 7) is 1.46. The minimum absolute atomic E-state index is 0.0760. The van der Waals surface area contributed by atoms with Crippen molar-refractivity contribution in [2.75, 3.05) is 11.9 Å². The molecule has 31 heavy (non-hydrogen) atoms. The second kappa shape index (κ2) is 8.62. The van der Waals surface area contributed by atoms with Gasteiger partial charge in [0.15, 0.2) is 12.4 Å². The van der Waals surface area contributed by atoms with Gasteiger partial charge < -0.3 is 14.5 Å². The molecule has 0 saturated carbocycles. The van der Waals surface area contributed by atoms with Crippen LogP contribution < -0.4 is 15.5 Å². The smallest absolute Gasteiger partial charge is 0.262 e. The zero-order chi connectivity index (χ0) is 22.0. The van der Waals surface area contributed by atoms with Crippen LogP contribution in [0.4, 0.5) is 10.1 Å². The Balaban J connectivity index is 1.68. The van der Waals surface area contributed by atoms with Crippen molar-refractivity contribution >= 4 is 34.2 Å². The largest absolute Gasteiger partial charge is 0.476 e. The van der Waals surface area contributed by atoms with E-state index in [0.29, 0.717) is 27.2 Å². The lowest BCUT2D eigenvalue weighted by molar-refractivity contribution is -0.118. The van der Waals surface area contributed by atoms with E-state index in [4.69, 9.17) is 20.8 Å². The number of nitrogens with one attached hydrogen (secondary N) is 1. The number of carbonyl (C=O) groups excluding carboxylic acids is 1. The molecule has 0 aliphatic heterocycles. The number of aryl methyl sites for hydroxylation is 1. The highest BCUT2D eigenvalue weighted by Crippen LogP contribution is 2.32. The van der Waals surface area contributed by atoms with Gasteiger partial charge >= 0.3 is 0 Å². The molecular weight excluding hydrogens is 421 g/mol. The fourth-order valence-corrected chi connectivity index (χ4v) is 3.20. The molecule has 0 aliphatic rings. The van der Waals surface area contributed by atoms with Crippen LogP contribution >= 0.6 is 11.6 Å². The Hall–Kier alpha value is -3.64. The maximum absolute atomic E-state index is 13.1. The van der Waals surface area contributed by atoms with Gasteiger partial charge in [0.2, 0.25) is 11.2 Å². The van der Waals surface area contributed by atoms with Gasteiger partial charge in [-0.05, 0) is 73.2 Å². The highest BCUT2D eigenvalue weighted by molar-refractivity contribution is 6.30. The number of hydrogen-bond donors (Lipinski definition) is 1. The van der Waals surface area contributed by atoms with E-state index >= 15 is 0 Å². The molecule has 1 aromatic heterocycles. The number of halogens is 2. The molecule has 156 valence electrons. The third kappa shape index (κ3) is 4.59. The third-order valence-corrected chi connectivity index (χ3v) is 4.84. The minimum Gasteiger partial charge on any atom is -0.476 e. The first kappa shape index (κ1) is 20.6. The van der Waals surface area contributed by atoms with Crippen molar-refractivity contribution in [3.05, 3.63) is 93.4 Å². The molecule has 0 saturated heterocycles. The molecule has 3 aromatic carbocycles. The van der Waals surface area contributed by atoms with Crippen LogP contribution in [0, 0.1) is 12.7 Å². The highest BCUT2D eigenvalue weighted by atomic mass is 35.5. The first-order valence-electron chi connectivity index (χ1n) is 9.42. The zero-order valence-corrected chi connectivity index (χ0v) is 17.2. The quantitative estimate of drug-likeness (QED) is 0.442. The number of fused-ring (bicyclic) bond motifs is 1. The molecule has 0 unspecified atom stereocenters. The Morgan fingerprint density at radius 2 is 1.77 bits per heavy atom. The molecular formula is C24H17ClFNO4. The highest BCUT2D eigenvalue weighted by Gasteiger charge is 2.19. The van der Waals surface area contributed by atoms with Gasteiger partial charge in [0, 0.05) is 16.3 Å². The number of amides is 1. The van der Waals surface area contributed by atoms with Crippen LogP contribution in [0.2, 0.25) is 5.02 Å². The van der Waals surface area contributed by atoms with Crippen molar-refractivity contribution < 1.29 is 18.3 Å². The zero-order valence-electron chi connectivity index (χ0n) is 16.4. The monoisotopic (exact) mass is 437 g/mol. The summed E-state index contributed by atoms with van der Waals surface area (Å²) in [5.74, 6) is -0.787. The molecule has 5 nitrogen and oxygen atoms in total. The molecule has 4 rings (SSSR count). The van der Waals surface area contributed by atoms with Crippen LogP contribution in [-0.4, -0.2) is 12.5 Å². The van der Waals surface area contributed by atoms with Crippen molar-refractivity contribution in [2.24, 2.45) is 0 Å². The number of hydrogen-bond acceptors (Lipinski definition) is 4. The van der Waals surface area contributed by atoms with Crippen LogP contribution in [0.5, 0.6) is 5.75 Å². The van der Waals surface area contributed by atoms with Gasteiger partial charge in [-0.25, -0.2) is 4.39 Å². The average Bonchev–Trinajstić information content (AvgIpc) is 2.75. The predicted octanol–water partition coefficient (Wildman–Crippen LogP) is 5.58. The molecule has 1 heterocycles. The van der Waals surface area contributed by atoms with Crippen molar-refractivity contribution in [3.63, 3.8) is 0 Å². The van der Waals surface area contributed by atoms with E-state index in [-0.39, 0.29) is 16.9 Å². The second-order valence-corrected chi connectivity index (χ2v) is 7.38. The number of ether oxygens (including phenoxy) is 1. The predicted molar refractivity (Wildman–Crippen MR) is 118 cm³/mol. The number of rotatable bonds is 5. The van der Waals surface area contributed by atoms with E-state index in [0.717, 1.165) is 5.56 Å². The Labute approximate surface area is 182 Å². The van der Waals surface area contributed by atoms with Crippen LogP contribution in [-0.2, 0) is 4.79 Å². The number of benzene rings is 3. The molecule has 0 spiro atoms. The molecule has 0 fully saturated rings. The van der Waals surface area contributed by atoms with Crippen LogP contribution in [0.3, 0.4) is 0 Å². The first-order valence-corrected chi connectivity index (χ1v) is 9.80. The number of carbonyl (C=O) groups is 1. The normalized spacial score (nSPS) is 10.8. The minimum atomic E-state index is -0.503. The molecule has 7 heteroatoms. The maximum Gasteiger partial charge on any atom is 0.262 e. The average molecular weight is 438 g/mol. The SMILES string of the molecule is Cc1ccc2c(=O)c(OCC(=O)Nc3ccc(F)cc3)c(-c3ccc(Cl)cc3)oc2c1. The molecule has 0 aliphatic carbocycles. The summed E-state index contributed by atoms with van der Waals surface area (Å²) in [4.78, 5) is 25.4. The lowest BCUT2D eigenvalue weighted by Crippen LogP contribution is -2.22. The van der Waals surface area contributed by atoms with E-state index in [1.807, 2.05) is 6.92 Å². The summed E-state index contributed by atoms with van der Waals surface area (Å²) in [7, 11) is 0. The molecule has 0 radical (unpaired) electrons. The van der Waals surface area contributed by atoms with E-state index in [1.54, 1.807) is 42.5 Å². The molecule has 1 N–H and O–H groups in total. The van der Waals surface area contributed by atoms with Gasteiger partial charge in [0.1, 0.15) is 11.4 Å². The van der Waals surface area contributed by atoms with E-state index in [2.05, 4.69) is 5.32 Å².